The molecular weight excluding hydrogens is 320 g/mol. The molecule has 0 radical (unpaired) electrons. The molecule has 130 valence electrons. The number of hydrogen-bond acceptors (Lipinski definition) is 5. The zero-order chi connectivity index (χ0) is 16.4. The van der Waals surface area contributed by atoms with Gasteiger partial charge in [0.25, 0.3) is 0 Å². The monoisotopic (exact) mass is 346 g/mol. The van der Waals surface area contributed by atoms with Gasteiger partial charge in [0, 0.05) is 0 Å². The van der Waals surface area contributed by atoms with Crippen LogP contribution in [-0.4, -0.2) is 55.1 Å². The molecule has 0 aromatic carbocycles. The fourth-order valence-corrected chi connectivity index (χ4v) is 4.22. The molecule has 2 aliphatic heterocycles. The summed E-state index contributed by atoms with van der Waals surface area (Å²) in [5.41, 5.74) is 2.03. The van der Waals surface area contributed by atoms with E-state index < -0.39 is 0 Å². The molecule has 0 N–H and O–H groups in total. The summed E-state index contributed by atoms with van der Waals surface area (Å²) >= 11 is 5.83. The van der Waals surface area contributed by atoms with Crippen LogP contribution in [0.2, 0.25) is 0 Å². The Kier molecular flexibility index (Phi) is 4.91. The normalized spacial score (nSPS) is 20.7. The first-order valence-corrected chi connectivity index (χ1v) is 9.57. The molecule has 0 atom stereocenters. The number of hydrogen-bond donors (Lipinski definition) is 0. The molecule has 24 heavy (non-hydrogen) atoms. The van der Waals surface area contributed by atoms with Gasteiger partial charge in [-0.3, -0.25) is 14.4 Å². The number of fused-ring (bicyclic) bond motifs is 1. The van der Waals surface area contributed by atoms with E-state index in [2.05, 4.69) is 28.9 Å². The van der Waals surface area contributed by atoms with Crippen molar-refractivity contribution in [1.82, 2.24) is 28.9 Å². The average Bonchev–Trinajstić information content (AvgIpc) is 2.90. The quantitative estimate of drug-likeness (QED) is 0.797. The minimum absolute atomic E-state index is 0.847. The molecule has 2 fully saturated rings. The summed E-state index contributed by atoms with van der Waals surface area (Å²) in [7, 11) is 0. The molecule has 4 heterocycles. The van der Waals surface area contributed by atoms with Gasteiger partial charge in [-0.1, -0.05) is 12.8 Å². The Morgan fingerprint density at radius 3 is 2.04 bits per heavy atom. The zero-order valence-corrected chi connectivity index (χ0v) is 15.0. The van der Waals surface area contributed by atoms with Crippen LogP contribution in [-0.2, 0) is 13.3 Å². The third kappa shape index (κ3) is 3.25. The Hall–Kier alpha value is -1.31. The van der Waals surface area contributed by atoms with Gasteiger partial charge in [0.15, 0.2) is 10.4 Å². The lowest BCUT2D eigenvalue weighted by Crippen LogP contribution is -2.33. The molecule has 6 nitrogen and oxygen atoms in total. The number of imidazole rings is 1. The summed E-state index contributed by atoms with van der Waals surface area (Å²) < 4.78 is 5.29. The molecule has 0 spiro atoms. The smallest absolute Gasteiger partial charge is 0.184 e. The van der Waals surface area contributed by atoms with Crippen molar-refractivity contribution in [3.8, 4) is 0 Å². The zero-order valence-electron chi connectivity index (χ0n) is 14.2. The minimum atomic E-state index is 0.847. The minimum Gasteiger partial charge on any atom is -0.300 e. The van der Waals surface area contributed by atoms with Crippen LogP contribution < -0.4 is 0 Å². The van der Waals surface area contributed by atoms with Crippen molar-refractivity contribution in [2.45, 2.75) is 51.9 Å². The van der Waals surface area contributed by atoms with Gasteiger partial charge in [0.2, 0.25) is 0 Å². The van der Waals surface area contributed by atoms with Crippen LogP contribution in [0.1, 0.15) is 38.5 Å². The molecule has 0 amide bonds. The number of nitrogens with zero attached hydrogens (tertiary/aromatic N) is 6. The van der Waals surface area contributed by atoms with Gasteiger partial charge in [-0.15, -0.1) is 0 Å². The van der Waals surface area contributed by atoms with Crippen LogP contribution in [0.4, 0.5) is 0 Å². The molecule has 2 saturated heterocycles. The van der Waals surface area contributed by atoms with Crippen molar-refractivity contribution in [2.75, 3.05) is 26.2 Å². The topological polar surface area (TPSA) is 42.1 Å². The standard InChI is InChI=1S/C17H26N6S/c24-17-22(13-20-7-3-1-4-8-20)15-11-18-12-19-16(15)23(17)14-21-9-5-2-6-10-21/h11-12H,1-10,13-14H2. The van der Waals surface area contributed by atoms with E-state index in [1.54, 1.807) is 6.33 Å². The van der Waals surface area contributed by atoms with E-state index in [1.165, 1.54) is 38.5 Å². The van der Waals surface area contributed by atoms with Crippen molar-refractivity contribution in [2.24, 2.45) is 0 Å². The van der Waals surface area contributed by atoms with Crippen LogP contribution in [0.3, 0.4) is 0 Å². The number of piperidine rings is 2. The lowest BCUT2D eigenvalue weighted by molar-refractivity contribution is 0.173. The van der Waals surface area contributed by atoms with E-state index in [-0.39, 0.29) is 0 Å². The molecular formula is C17H26N6S. The highest BCUT2D eigenvalue weighted by Crippen LogP contribution is 2.19. The van der Waals surface area contributed by atoms with Gasteiger partial charge in [0.05, 0.1) is 19.5 Å². The lowest BCUT2D eigenvalue weighted by atomic mass is 10.1. The molecule has 0 bridgehead atoms. The Labute approximate surface area is 148 Å². The first-order valence-electron chi connectivity index (χ1n) is 9.17. The Morgan fingerprint density at radius 2 is 1.42 bits per heavy atom. The summed E-state index contributed by atoms with van der Waals surface area (Å²) in [6, 6.07) is 0. The van der Waals surface area contributed by atoms with E-state index in [0.717, 1.165) is 55.5 Å². The van der Waals surface area contributed by atoms with E-state index in [1.807, 2.05) is 6.20 Å². The van der Waals surface area contributed by atoms with E-state index in [4.69, 9.17) is 12.2 Å². The highest BCUT2D eigenvalue weighted by molar-refractivity contribution is 7.71. The van der Waals surface area contributed by atoms with Crippen molar-refractivity contribution in [3.05, 3.63) is 17.3 Å². The second-order valence-corrected chi connectivity index (χ2v) is 7.38. The van der Waals surface area contributed by atoms with Crippen molar-refractivity contribution in [1.29, 1.82) is 0 Å². The van der Waals surface area contributed by atoms with Gasteiger partial charge in [-0.25, -0.2) is 9.97 Å². The molecule has 2 aliphatic rings. The summed E-state index contributed by atoms with van der Waals surface area (Å²) in [6.45, 7) is 6.34. The SMILES string of the molecule is S=c1n(CN2CCCCC2)c2cncnc2n1CN1CCCCC1. The fraction of sp³-hybridized carbons (Fsp3) is 0.706. The number of aromatic nitrogens is 4. The molecule has 4 rings (SSSR count). The van der Waals surface area contributed by atoms with Gasteiger partial charge in [-0.05, 0) is 64.1 Å². The maximum atomic E-state index is 5.83. The number of rotatable bonds is 4. The maximum absolute atomic E-state index is 5.83. The van der Waals surface area contributed by atoms with Crippen LogP contribution in [0, 0.1) is 4.77 Å². The molecule has 2 aromatic rings. The van der Waals surface area contributed by atoms with Gasteiger partial charge >= 0.3 is 0 Å². The highest BCUT2D eigenvalue weighted by Gasteiger charge is 2.18. The molecule has 2 aromatic heterocycles. The van der Waals surface area contributed by atoms with Crippen molar-refractivity contribution >= 4 is 23.4 Å². The second-order valence-electron chi connectivity index (χ2n) is 7.01. The van der Waals surface area contributed by atoms with Gasteiger partial charge in [0.1, 0.15) is 11.8 Å². The fourth-order valence-electron chi connectivity index (χ4n) is 3.92. The van der Waals surface area contributed by atoms with Gasteiger partial charge in [-0.2, -0.15) is 0 Å². The molecule has 0 saturated carbocycles. The summed E-state index contributed by atoms with van der Waals surface area (Å²) in [6.07, 6.45) is 11.4. The van der Waals surface area contributed by atoms with Crippen LogP contribution >= 0.6 is 12.2 Å². The Morgan fingerprint density at radius 1 is 0.833 bits per heavy atom. The third-order valence-corrected chi connectivity index (χ3v) is 5.70. The maximum Gasteiger partial charge on any atom is 0.184 e. The summed E-state index contributed by atoms with van der Waals surface area (Å²) in [5.74, 6) is 0. The summed E-state index contributed by atoms with van der Waals surface area (Å²) in [4.78, 5) is 13.8. The summed E-state index contributed by atoms with van der Waals surface area (Å²) in [5, 5.41) is 0. The van der Waals surface area contributed by atoms with Crippen LogP contribution in [0.25, 0.3) is 11.2 Å². The van der Waals surface area contributed by atoms with E-state index in [9.17, 15) is 0 Å². The predicted octanol–water partition coefficient (Wildman–Crippen LogP) is 2.85. The molecule has 0 aliphatic carbocycles. The number of likely N-dealkylation sites (tertiary alicyclic amines) is 2. The van der Waals surface area contributed by atoms with E-state index in [0.29, 0.717) is 0 Å². The Balaban J connectivity index is 1.65. The van der Waals surface area contributed by atoms with E-state index >= 15 is 0 Å². The van der Waals surface area contributed by atoms with Gasteiger partial charge < -0.3 is 4.57 Å². The molecule has 7 heteroatoms. The first-order chi connectivity index (χ1) is 11.8. The van der Waals surface area contributed by atoms with Crippen molar-refractivity contribution in [3.63, 3.8) is 0 Å². The predicted molar refractivity (Wildman–Crippen MR) is 97.2 cm³/mol. The lowest BCUT2D eigenvalue weighted by Gasteiger charge is -2.27. The first kappa shape index (κ1) is 16.2. The average molecular weight is 347 g/mol. The molecule has 0 unspecified atom stereocenters. The Bertz CT molecular complexity index is 679. The second kappa shape index (κ2) is 7.29. The third-order valence-electron chi connectivity index (χ3n) is 5.26. The van der Waals surface area contributed by atoms with Crippen LogP contribution in [0.5, 0.6) is 0 Å². The largest absolute Gasteiger partial charge is 0.300 e. The highest BCUT2D eigenvalue weighted by atomic mass is 32.1. The van der Waals surface area contributed by atoms with Crippen molar-refractivity contribution < 1.29 is 0 Å². The van der Waals surface area contributed by atoms with Crippen LogP contribution in [0.15, 0.2) is 12.5 Å².